The van der Waals surface area contributed by atoms with Crippen molar-refractivity contribution in [3.63, 3.8) is 0 Å². The van der Waals surface area contributed by atoms with Crippen LogP contribution in [-0.2, 0) is 16.4 Å². The molecule has 2 N–H and O–H groups in total. The second-order valence-corrected chi connectivity index (χ2v) is 8.20. The number of hydrogen-bond donors (Lipinski definition) is 2. The predicted octanol–water partition coefficient (Wildman–Crippen LogP) is 2.76. The molecule has 3 atom stereocenters. The topological polar surface area (TPSA) is 58.2 Å². The quantitative estimate of drug-likeness (QED) is 0.902. The smallest absolute Gasteiger partial charge is 0.240 e. The van der Waals surface area contributed by atoms with Gasteiger partial charge in [-0.15, -0.1) is 0 Å². The molecule has 1 aromatic carbocycles. The van der Waals surface area contributed by atoms with Crippen molar-refractivity contribution in [1.29, 1.82) is 0 Å². The molecule has 3 rings (SSSR count). The minimum atomic E-state index is -3.41. The Morgan fingerprint density at radius 3 is 2.76 bits per heavy atom. The largest absolute Gasteiger partial charge is 0.385 e. The van der Waals surface area contributed by atoms with Crippen LogP contribution in [0.15, 0.2) is 23.1 Å². The van der Waals surface area contributed by atoms with Crippen LogP contribution in [0, 0.1) is 11.8 Å². The second-order valence-electron chi connectivity index (χ2n) is 6.49. The van der Waals surface area contributed by atoms with Crippen molar-refractivity contribution >= 4 is 15.7 Å². The maximum Gasteiger partial charge on any atom is 0.240 e. The van der Waals surface area contributed by atoms with E-state index in [-0.39, 0.29) is 6.04 Å². The van der Waals surface area contributed by atoms with Gasteiger partial charge in [-0.25, -0.2) is 13.1 Å². The van der Waals surface area contributed by atoms with Gasteiger partial charge in [-0.1, -0.05) is 13.8 Å². The van der Waals surface area contributed by atoms with Crippen LogP contribution >= 0.6 is 0 Å². The summed E-state index contributed by atoms with van der Waals surface area (Å²) in [7, 11) is -3.41. The Kier molecular flexibility index (Phi) is 3.97. The van der Waals surface area contributed by atoms with Crippen molar-refractivity contribution in [2.45, 2.75) is 50.5 Å². The molecule has 1 heterocycles. The Bertz CT molecular complexity index is 627. The monoisotopic (exact) mass is 308 g/mol. The van der Waals surface area contributed by atoms with Gasteiger partial charge in [0.05, 0.1) is 4.90 Å². The normalized spacial score (nSPS) is 29.0. The van der Waals surface area contributed by atoms with Crippen LogP contribution in [0.4, 0.5) is 5.69 Å². The minimum absolute atomic E-state index is 0.0687. The van der Waals surface area contributed by atoms with Crippen molar-refractivity contribution < 1.29 is 8.42 Å². The zero-order valence-corrected chi connectivity index (χ0v) is 13.5. The number of anilines is 1. The highest BCUT2D eigenvalue weighted by Gasteiger charge is 2.33. The van der Waals surface area contributed by atoms with Crippen LogP contribution in [0.1, 0.15) is 38.7 Å². The molecule has 1 aliphatic carbocycles. The van der Waals surface area contributed by atoms with Gasteiger partial charge in [0.1, 0.15) is 0 Å². The fourth-order valence-corrected chi connectivity index (χ4v) is 4.83. The van der Waals surface area contributed by atoms with Gasteiger partial charge in [0, 0.05) is 18.3 Å². The van der Waals surface area contributed by atoms with E-state index in [4.69, 9.17) is 0 Å². The van der Waals surface area contributed by atoms with Crippen LogP contribution in [-0.4, -0.2) is 21.0 Å². The van der Waals surface area contributed by atoms with E-state index in [1.54, 1.807) is 6.07 Å². The van der Waals surface area contributed by atoms with Gasteiger partial charge in [0.15, 0.2) is 0 Å². The minimum Gasteiger partial charge on any atom is -0.385 e. The van der Waals surface area contributed by atoms with Gasteiger partial charge >= 0.3 is 0 Å². The summed E-state index contributed by atoms with van der Waals surface area (Å²) in [5.74, 6) is 0.990. The third-order valence-corrected chi connectivity index (χ3v) is 6.58. The molecular weight excluding hydrogens is 284 g/mol. The Hall–Kier alpha value is -1.07. The Morgan fingerprint density at radius 2 is 2.05 bits per heavy atom. The van der Waals surface area contributed by atoms with Crippen molar-refractivity contribution in [3.05, 3.63) is 23.8 Å². The molecule has 1 aromatic rings. The van der Waals surface area contributed by atoms with Crippen LogP contribution in [0.3, 0.4) is 0 Å². The second kappa shape index (κ2) is 5.61. The maximum absolute atomic E-state index is 12.6. The SMILES string of the molecule is CC1CCC(NS(=O)(=O)c2ccc3c(c2)CCCN3)C1C. The van der Waals surface area contributed by atoms with E-state index in [0.29, 0.717) is 16.7 Å². The molecule has 0 aromatic heterocycles. The van der Waals surface area contributed by atoms with Gasteiger partial charge in [-0.2, -0.15) is 0 Å². The van der Waals surface area contributed by atoms with Crippen molar-refractivity contribution in [2.24, 2.45) is 11.8 Å². The summed E-state index contributed by atoms with van der Waals surface area (Å²) in [6.07, 6.45) is 4.04. The molecular formula is C16H24N2O2S. The molecule has 0 amide bonds. The molecule has 116 valence electrons. The fraction of sp³-hybridized carbons (Fsp3) is 0.625. The van der Waals surface area contributed by atoms with Gasteiger partial charge in [-0.05, 0) is 61.3 Å². The van der Waals surface area contributed by atoms with Gasteiger partial charge in [0.2, 0.25) is 10.0 Å². The average molecular weight is 308 g/mol. The average Bonchev–Trinajstić information content (AvgIpc) is 2.78. The standard InChI is InChI=1S/C16H24N2O2S/c1-11-5-7-15(12(11)2)18-21(19,20)14-6-8-16-13(10-14)4-3-9-17-16/h6,8,10-12,15,17-18H,3-5,7,9H2,1-2H3. The zero-order chi connectivity index (χ0) is 15.0. The molecule has 0 spiro atoms. The zero-order valence-electron chi connectivity index (χ0n) is 12.7. The highest BCUT2D eigenvalue weighted by atomic mass is 32.2. The summed E-state index contributed by atoms with van der Waals surface area (Å²) in [4.78, 5) is 0.400. The molecule has 0 saturated heterocycles. The highest BCUT2D eigenvalue weighted by molar-refractivity contribution is 7.89. The molecule has 0 bridgehead atoms. The first-order chi connectivity index (χ1) is 9.97. The first-order valence-electron chi connectivity index (χ1n) is 7.86. The number of fused-ring (bicyclic) bond motifs is 1. The molecule has 4 nitrogen and oxygen atoms in total. The molecule has 0 radical (unpaired) electrons. The van der Waals surface area contributed by atoms with E-state index in [1.165, 1.54) is 0 Å². The third kappa shape index (κ3) is 2.94. The van der Waals surface area contributed by atoms with E-state index >= 15 is 0 Å². The van der Waals surface area contributed by atoms with E-state index in [0.717, 1.165) is 43.5 Å². The lowest BCUT2D eigenvalue weighted by atomic mass is 9.98. The first-order valence-corrected chi connectivity index (χ1v) is 9.35. The van der Waals surface area contributed by atoms with Crippen molar-refractivity contribution in [1.82, 2.24) is 4.72 Å². The Balaban J connectivity index is 1.82. The Morgan fingerprint density at radius 1 is 1.24 bits per heavy atom. The molecule has 1 saturated carbocycles. The van der Waals surface area contributed by atoms with E-state index in [1.807, 2.05) is 12.1 Å². The summed E-state index contributed by atoms with van der Waals surface area (Å²) < 4.78 is 28.1. The lowest BCUT2D eigenvalue weighted by molar-refractivity contribution is 0.402. The summed E-state index contributed by atoms with van der Waals surface area (Å²) >= 11 is 0. The number of aryl methyl sites for hydroxylation is 1. The van der Waals surface area contributed by atoms with Gasteiger partial charge in [0.25, 0.3) is 0 Å². The summed E-state index contributed by atoms with van der Waals surface area (Å²) in [5.41, 5.74) is 2.18. The van der Waals surface area contributed by atoms with Crippen molar-refractivity contribution in [2.75, 3.05) is 11.9 Å². The van der Waals surface area contributed by atoms with Gasteiger partial charge < -0.3 is 5.32 Å². The maximum atomic E-state index is 12.6. The Labute approximate surface area is 127 Å². The van der Waals surface area contributed by atoms with Crippen LogP contribution < -0.4 is 10.0 Å². The molecule has 1 fully saturated rings. The summed E-state index contributed by atoms with van der Waals surface area (Å²) in [5, 5.41) is 3.31. The predicted molar refractivity (Wildman–Crippen MR) is 84.9 cm³/mol. The van der Waals surface area contributed by atoms with Gasteiger partial charge in [-0.3, -0.25) is 0 Å². The number of hydrogen-bond acceptors (Lipinski definition) is 3. The molecule has 21 heavy (non-hydrogen) atoms. The van der Waals surface area contributed by atoms with Crippen LogP contribution in [0.25, 0.3) is 0 Å². The molecule has 2 aliphatic rings. The van der Waals surface area contributed by atoms with Crippen LogP contribution in [0.2, 0.25) is 0 Å². The number of sulfonamides is 1. The molecule has 5 heteroatoms. The van der Waals surface area contributed by atoms with Crippen LogP contribution in [0.5, 0.6) is 0 Å². The third-order valence-electron chi connectivity index (χ3n) is 5.10. The lowest BCUT2D eigenvalue weighted by Gasteiger charge is -2.21. The van der Waals surface area contributed by atoms with Crippen molar-refractivity contribution in [3.8, 4) is 0 Å². The lowest BCUT2D eigenvalue weighted by Crippen LogP contribution is -2.37. The molecule has 3 unspecified atom stereocenters. The van der Waals surface area contributed by atoms with E-state index < -0.39 is 10.0 Å². The van der Waals surface area contributed by atoms with E-state index in [9.17, 15) is 8.42 Å². The molecule has 1 aliphatic heterocycles. The number of benzene rings is 1. The number of nitrogens with one attached hydrogen (secondary N) is 2. The fourth-order valence-electron chi connectivity index (χ4n) is 3.42. The summed E-state index contributed by atoms with van der Waals surface area (Å²) in [6.45, 7) is 5.31. The number of rotatable bonds is 3. The van der Waals surface area contributed by atoms with E-state index in [2.05, 4.69) is 23.9 Å². The summed E-state index contributed by atoms with van der Waals surface area (Å²) in [6, 6.07) is 5.50. The first kappa shape index (κ1) is 14.9. The highest BCUT2D eigenvalue weighted by Crippen LogP contribution is 2.32.